The number of anilines is 1. The second-order valence-corrected chi connectivity index (χ2v) is 8.44. The van der Waals surface area contributed by atoms with E-state index in [0.29, 0.717) is 27.4 Å². The molecule has 0 amide bonds. The van der Waals surface area contributed by atoms with E-state index >= 15 is 0 Å². The summed E-state index contributed by atoms with van der Waals surface area (Å²) >= 11 is 6.00. The fourth-order valence-corrected chi connectivity index (χ4v) is 4.15. The van der Waals surface area contributed by atoms with Gasteiger partial charge in [0, 0.05) is 24.4 Å². The van der Waals surface area contributed by atoms with Gasteiger partial charge >= 0.3 is 0 Å². The van der Waals surface area contributed by atoms with Crippen LogP contribution in [0.3, 0.4) is 0 Å². The molecule has 0 aliphatic carbocycles. The Balaban J connectivity index is 1.90. The van der Waals surface area contributed by atoms with E-state index in [-0.39, 0.29) is 11.5 Å². The van der Waals surface area contributed by atoms with Crippen molar-refractivity contribution in [1.29, 1.82) is 0 Å². The van der Waals surface area contributed by atoms with Crippen LogP contribution in [-0.4, -0.2) is 14.8 Å². The van der Waals surface area contributed by atoms with Gasteiger partial charge in [0.05, 0.1) is 34.1 Å². The number of aryl methyl sites for hydroxylation is 4. The highest BCUT2D eigenvalue weighted by atomic mass is 35.5. The van der Waals surface area contributed by atoms with Gasteiger partial charge < -0.3 is 9.73 Å². The lowest BCUT2D eigenvalue weighted by atomic mass is 9.99. The molecule has 0 aliphatic heterocycles. The molecule has 31 heavy (non-hydrogen) atoms. The van der Waals surface area contributed by atoms with Gasteiger partial charge in [0.15, 0.2) is 5.43 Å². The van der Waals surface area contributed by atoms with Gasteiger partial charge in [0.2, 0.25) is 0 Å². The SMILES string of the molecule is Cc1cc(C(C)Nc2ccc(Cl)nc2C)c2oc(-c3cn(C)nc3C)c(C)c(=O)c2c1. The smallest absolute Gasteiger partial charge is 0.196 e. The van der Waals surface area contributed by atoms with Crippen LogP contribution in [0.1, 0.15) is 41.0 Å². The van der Waals surface area contributed by atoms with Crippen LogP contribution in [0.15, 0.2) is 39.7 Å². The zero-order chi connectivity index (χ0) is 22.4. The van der Waals surface area contributed by atoms with Crippen LogP contribution >= 0.6 is 11.6 Å². The average Bonchev–Trinajstić information content (AvgIpc) is 3.04. The summed E-state index contributed by atoms with van der Waals surface area (Å²) in [6, 6.07) is 7.47. The second kappa shape index (κ2) is 7.85. The normalized spacial score (nSPS) is 12.4. The molecule has 0 bridgehead atoms. The minimum Gasteiger partial charge on any atom is -0.455 e. The zero-order valence-electron chi connectivity index (χ0n) is 18.5. The van der Waals surface area contributed by atoms with E-state index < -0.39 is 0 Å². The molecule has 1 unspecified atom stereocenters. The maximum absolute atomic E-state index is 13.3. The zero-order valence-corrected chi connectivity index (χ0v) is 19.3. The monoisotopic (exact) mass is 436 g/mol. The van der Waals surface area contributed by atoms with Crippen molar-refractivity contribution in [2.75, 3.05) is 5.32 Å². The predicted molar refractivity (Wildman–Crippen MR) is 125 cm³/mol. The van der Waals surface area contributed by atoms with Crippen LogP contribution in [-0.2, 0) is 7.05 Å². The first-order valence-electron chi connectivity index (χ1n) is 10.1. The molecule has 3 aromatic heterocycles. The number of hydrogen-bond donors (Lipinski definition) is 1. The number of rotatable bonds is 4. The van der Waals surface area contributed by atoms with Crippen LogP contribution in [0, 0.1) is 27.7 Å². The van der Waals surface area contributed by atoms with E-state index in [1.807, 2.05) is 53.1 Å². The van der Waals surface area contributed by atoms with Gasteiger partial charge in [-0.2, -0.15) is 5.10 Å². The molecule has 6 nitrogen and oxygen atoms in total. The molecule has 0 radical (unpaired) electrons. The van der Waals surface area contributed by atoms with E-state index in [9.17, 15) is 4.79 Å². The number of aromatic nitrogens is 3. The number of benzene rings is 1. The third kappa shape index (κ3) is 3.83. The molecule has 1 aromatic carbocycles. The van der Waals surface area contributed by atoms with Crippen LogP contribution in [0.5, 0.6) is 0 Å². The Morgan fingerprint density at radius 3 is 2.52 bits per heavy atom. The predicted octanol–water partition coefficient (Wildman–Crippen LogP) is 5.65. The van der Waals surface area contributed by atoms with Crippen LogP contribution in [0.4, 0.5) is 5.69 Å². The third-order valence-electron chi connectivity index (χ3n) is 5.54. The molecule has 7 heteroatoms. The summed E-state index contributed by atoms with van der Waals surface area (Å²) in [6.45, 7) is 9.65. The summed E-state index contributed by atoms with van der Waals surface area (Å²) < 4.78 is 8.14. The lowest BCUT2D eigenvalue weighted by Crippen LogP contribution is -2.13. The molecule has 4 aromatic rings. The highest BCUT2D eigenvalue weighted by molar-refractivity contribution is 6.29. The second-order valence-electron chi connectivity index (χ2n) is 8.05. The fourth-order valence-electron chi connectivity index (χ4n) is 3.96. The van der Waals surface area contributed by atoms with Crippen molar-refractivity contribution in [2.24, 2.45) is 7.05 Å². The van der Waals surface area contributed by atoms with Crippen LogP contribution < -0.4 is 10.7 Å². The minimum atomic E-state index is -0.127. The van der Waals surface area contributed by atoms with Gasteiger partial charge in [-0.3, -0.25) is 9.48 Å². The van der Waals surface area contributed by atoms with Crippen LogP contribution in [0.25, 0.3) is 22.3 Å². The Hall–Kier alpha value is -3.12. The van der Waals surface area contributed by atoms with Crippen molar-refractivity contribution in [3.63, 3.8) is 0 Å². The third-order valence-corrected chi connectivity index (χ3v) is 5.75. The van der Waals surface area contributed by atoms with E-state index in [1.54, 1.807) is 17.7 Å². The summed E-state index contributed by atoms with van der Waals surface area (Å²) in [7, 11) is 1.86. The van der Waals surface area contributed by atoms with Crippen molar-refractivity contribution >= 4 is 28.3 Å². The van der Waals surface area contributed by atoms with Crippen molar-refractivity contribution in [3.8, 4) is 11.3 Å². The maximum atomic E-state index is 13.3. The summed E-state index contributed by atoms with van der Waals surface area (Å²) in [4.78, 5) is 17.6. The van der Waals surface area contributed by atoms with E-state index in [0.717, 1.165) is 33.8 Å². The van der Waals surface area contributed by atoms with Gasteiger partial charge in [-0.1, -0.05) is 17.7 Å². The topological polar surface area (TPSA) is 73.0 Å². The van der Waals surface area contributed by atoms with Crippen molar-refractivity contribution < 1.29 is 4.42 Å². The first-order chi connectivity index (χ1) is 14.7. The summed E-state index contributed by atoms with van der Waals surface area (Å²) in [6.07, 6.45) is 1.88. The molecule has 4 rings (SSSR count). The first-order valence-corrected chi connectivity index (χ1v) is 10.5. The largest absolute Gasteiger partial charge is 0.455 e. The lowest BCUT2D eigenvalue weighted by Gasteiger charge is -2.19. The van der Waals surface area contributed by atoms with E-state index in [4.69, 9.17) is 16.0 Å². The van der Waals surface area contributed by atoms with E-state index in [1.165, 1.54) is 0 Å². The molecule has 3 heterocycles. The molecular weight excluding hydrogens is 412 g/mol. The molecule has 160 valence electrons. The van der Waals surface area contributed by atoms with Gasteiger partial charge in [0.25, 0.3) is 0 Å². The number of fused-ring (bicyclic) bond motifs is 1. The molecule has 1 atom stereocenters. The summed E-state index contributed by atoms with van der Waals surface area (Å²) in [5, 5.41) is 8.92. The highest BCUT2D eigenvalue weighted by Crippen LogP contribution is 2.33. The molecule has 0 fully saturated rings. The van der Waals surface area contributed by atoms with Crippen LogP contribution in [0.2, 0.25) is 5.15 Å². The first kappa shape index (κ1) is 21.1. The molecule has 0 saturated carbocycles. The fraction of sp³-hybridized carbons (Fsp3) is 0.292. The minimum absolute atomic E-state index is 0.0269. The Morgan fingerprint density at radius 2 is 1.87 bits per heavy atom. The maximum Gasteiger partial charge on any atom is 0.196 e. The number of nitrogens with zero attached hydrogens (tertiary/aromatic N) is 3. The summed E-state index contributed by atoms with van der Waals surface area (Å²) in [5.41, 5.74) is 6.37. The van der Waals surface area contributed by atoms with Gasteiger partial charge in [0.1, 0.15) is 16.5 Å². The van der Waals surface area contributed by atoms with E-state index in [2.05, 4.69) is 21.5 Å². The number of halogens is 1. The molecule has 0 aliphatic rings. The van der Waals surface area contributed by atoms with Gasteiger partial charge in [-0.15, -0.1) is 0 Å². The quantitative estimate of drug-likeness (QED) is 0.418. The number of pyridine rings is 1. The molecule has 0 spiro atoms. The Labute approximate surface area is 185 Å². The molecule has 1 N–H and O–H groups in total. The van der Waals surface area contributed by atoms with Crippen molar-refractivity contribution in [3.05, 3.63) is 73.9 Å². The van der Waals surface area contributed by atoms with Gasteiger partial charge in [-0.25, -0.2) is 4.98 Å². The molecule has 0 saturated heterocycles. The Morgan fingerprint density at radius 1 is 1.13 bits per heavy atom. The highest BCUT2D eigenvalue weighted by Gasteiger charge is 2.21. The van der Waals surface area contributed by atoms with Crippen molar-refractivity contribution in [1.82, 2.24) is 14.8 Å². The summed E-state index contributed by atoms with van der Waals surface area (Å²) in [5.74, 6) is 0.560. The Bertz CT molecular complexity index is 1370. The molecular formula is C24H25ClN4O2. The average molecular weight is 437 g/mol. The lowest BCUT2D eigenvalue weighted by molar-refractivity contribution is 0.605. The number of hydrogen-bond acceptors (Lipinski definition) is 5. The van der Waals surface area contributed by atoms with Gasteiger partial charge in [-0.05, 0) is 58.4 Å². The standard InChI is InChI=1S/C24H25ClN4O2/c1-12-9-17(14(3)26-20-7-8-21(25)27-16(20)5)24-18(10-12)22(30)13(2)23(31-24)19-11-29(6)28-15(19)4/h7-11,14,26H,1-6H3. The number of nitrogens with one attached hydrogen (secondary N) is 1. The van der Waals surface area contributed by atoms with Crippen molar-refractivity contribution in [2.45, 2.75) is 40.7 Å². The Kier molecular flexibility index (Phi) is 5.35.